The summed E-state index contributed by atoms with van der Waals surface area (Å²) in [5.74, 6) is 0.0121. The van der Waals surface area contributed by atoms with E-state index in [2.05, 4.69) is 10.2 Å². The molecule has 2 heterocycles. The van der Waals surface area contributed by atoms with Crippen LogP contribution in [-0.4, -0.2) is 72.5 Å². The molecule has 1 aromatic rings. The van der Waals surface area contributed by atoms with E-state index in [9.17, 15) is 28.1 Å². The molecule has 3 rings (SSSR count). The van der Waals surface area contributed by atoms with Crippen LogP contribution in [0.2, 0.25) is 0 Å². The van der Waals surface area contributed by atoms with Gasteiger partial charge in [0.25, 0.3) is 5.69 Å². The van der Waals surface area contributed by atoms with Gasteiger partial charge in [-0.05, 0) is 12.1 Å². The Morgan fingerprint density at radius 1 is 1.20 bits per heavy atom. The summed E-state index contributed by atoms with van der Waals surface area (Å²) in [6, 6.07) is 2.66. The van der Waals surface area contributed by atoms with Crippen molar-refractivity contribution in [2.24, 2.45) is 0 Å². The lowest BCUT2D eigenvalue weighted by Crippen LogP contribution is -2.46. The van der Waals surface area contributed by atoms with Crippen LogP contribution < -0.4 is 10.1 Å². The van der Waals surface area contributed by atoms with E-state index in [1.165, 1.54) is 6.07 Å². The lowest BCUT2D eigenvalue weighted by molar-refractivity contribution is -0.388. The van der Waals surface area contributed by atoms with Gasteiger partial charge in [0.05, 0.1) is 4.92 Å². The van der Waals surface area contributed by atoms with Crippen LogP contribution in [0.15, 0.2) is 18.2 Å². The molecule has 1 N–H and O–H groups in total. The Bertz CT molecular complexity index is 761. The first kappa shape index (κ1) is 22.3. The second kappa shape index (κ2) is 9.61. The lowest BCUT2D eigenvalue weighted by Gasteiger charge is -2.33. The molecule has 0 unspecified atom stereocenters. The number of piperazine rings is 1. The van der Waals surface area contributed by atoms with Gasteiger partial charge in [0.2, 0.25) is 5.91 Å². The molecule has 0 spiro atoms. The molecular weight excluding hydrogens is 405 g/mol. The largest absolute Gasteiger partial charge is 0.490 e. The third-order valence-corrected chi connectivity index (χ3v) is 5.42. The summed E-state index contributed by atoms with van der Waals surface area (Å²) in [6.07, 6.45) is -3.75. The van der Waals surface area contributed by atoms with Crippen LogP contribution in [0.5, 0.6) is 5.75 Å². The Labute approximate surface area is 172 Å². The highest BCUT2D eigenvalue weighted by Gasteiger charge is 2.39. The molecule has 8 nitrogen and oxygen atoms in total. The van der Waals surface area contributed by atoms with E-state index in [1.54, 1.807) is 4.90 Å². The number of piperidine rings is 1. The van der Waals surface area contributed by atoms with Crippen LogP contribution in [0.25, 0.3) is 0 Å². The number of hydrogen-bond donors (Lipinski definition) is 1. The van der Waals surface area contributed by atoms with Gasteiger partial charge in [0.15, 0.2) is 0 Å². The summed E-state index contributed by atoms with van der Waals surface area (Å²) in [4.78, 5) is 26.2. The molecule has 0 aromatic heterocycles. The second-order valence-corrected chi connectivity index (χ2v) is 7.47. The molecule has 30 heavy (non-hydrogen) atoms. The molecule has 166 valence electrons. The SMILES string of the molecule is O=C(CCN1CCNCC1)N1CCC(Oc2ccc([N+](=O)[O-])c(C(F)(F)F)c2)CC1. The smallest absolute Gasteiger partial charge is 0.423 e. The fourth-order valence-corrected chi connectivity index (χ4v) is 3.74. The molecule has 11 heteroatoms. The predicted molar refractivity (Wildman–Crippen MR) is 102 cm³/mol. The van der Waals surface area contributed by atoms with Crippen molar-refractivity contribution in [2.45, 2.75) is 31.5 Å². The van der Waals surface area contributed by atoms with Gasteiger partial charge in [0, 0.05) is 71.1 Å². The highest BCUT2D eigenvalue weighted by atomic mass is 19.4. The number of amides is 1. The van der Waals surface area contributed by atoms with Gasteiger partial charge < -0.3 is 19.9 Å². The van der Waals surface area contributed by atoms with E-state index in [0.29, 0.717) is 38.4 Å². The summed E-state index contributed by atoms with van der Waals surface area (Å²) >= 11 is 0. The first-order chi connectivity index (χ1) is 14.2. The molecule has 2 fully saturated rings. The number of carbonyl (C=O) groups excluding carboxylic acids is 1. The van der Waals surface area contributed by atoms with Crippen molar-refractivity contribution >= 4 is 11.6 Å². The van der Waals surface area contributed by atoms with Crippen LogP contribution in [0, 0.1) is 10.1 Å². The molecule has 2 saturated heterocycles. The van der Waals surface area contributed by atoms with Crippen molar-refractivity contribution in [3.8, 4) is 5.75 Å². The fraction of sp³-hybridized carbons (Fsp3) is 0.632. The number of carbonyl (C=O) groups is 1. The van der Waals surface area contributed by atoms with Crippen molar-refractivity contribution in [1.29, 1.82) is 0 Å². The van der Waals surface area contributed by atoms with Gasteiger partial charge in [-0.2, -0.15) is 13.2 Å². The van der Waals surface area contributed by atoms with Crippen LogP contribution in [-0.2, 0) is 11.0 Å². The Balaban J connectivity index is 1.50. The zero-order chi connectivity index (χ0) is 21.7. The van der Waals surface area contributed by atoms with Crippen molar-refractivity contribution in [2.75, 3.05) is 45.8 Å². The number of nitro groups is 1. The molecule has 0 radical (unpaired) electrons. The Kier molecular flexibility index (Phi) is 7.14. The topological polar surface area (TPSA) is 88.0 Å². The number of hydrogen-bond acceptors (Lipinski definition) is 6. The first-order valence-corrected chi connectivity index (χ1v) is 9.97. The first-order valence-electron chi connectivity index (χ1n) is 9.97. The molecule has 1 aromatic carbocycles. The summed E-state index contributed by atoms with van der Waals surface area (Å²) in [5.41, 5.74) is -2.33. The van der Waals surface area contributed by atoms with Crippen molar-refractivity contribution < 1.29 is 27.6 Å². The Morgan fingerprint density at radius 2 is 1.87 bits per heavy atom. The van der Waals surface area contributed by atoms with E-state index >= 15 is 0 Å². The van der Waals surface area contributed by atoms with Gasteiger partial charge in [-0.1, -0.05) is 0 Å². The van der Waals surface area contributed by atoms with Gasteiger partial charge >= 0.3 is 6.18 Å². The summed E-state index contributed by atoms with van der Waals surface area (Å²) in [6.45, 7) is 5.39. The Morgan fingerprint density at radius 3 is 2.47 bits per heavy atom. The Hall–Kier alpha value is -2.40. The summed E-state index contributed by atoms with van der Waals surface area (Å²) < 4.78 is 44.9. The molecule has 0 aliphatic carbocycles. The monoisotopic (exact) mass is 430 g/mol. The van der Waals surface area contributed by atoms with E-state index in [0.717, 1.165) is 38.8 Å². The number of likely N-dealkylation sites (tertiary alicyclic amines) is 1. The minimum absolute atomic E-state index is 0.0589. The highest BCUT2D eigenvalue weighted by Crippen LogP contribution is 2.38. The van der Waals surface area contributed by atoms with Crippen LogP contribution in [0.3, 0.4) is 0 Å². The van der Waals surface area contributed by atoms with Crippen LogP contribution >= 0.6 is 0 Å². The number of ether oxygens (including phenoxy) is 1. The van der Waals surface area contributed by atoms with Crippen molar-refractivity contribution in [3.05, 3.63) is 33.9 Å². The zero-order valence-corrected chi connectivity index (χ0v) is 16.5. The van der Waals surface area contributed by atoms with E-state index in [4.69, 9.17) is 4.74 Å². The maximum Gasteiger partial charge on any atom is 0.423 e. The normalized spacial score (nSPS) is 19.0. The van der Waals surface area contributed by atoms with Gasteiger partial charge in [-0.3, -0.25) is 14.9 Å². The van der Waals surface area contributed by atoms with Crippen LogP contribution in [0.1, 0.15) is 24.8 Å². The molecule has 2 aliphatic heterocycles. The summed E-state index contributed by atoms with van der Waals surface area (Å²) in [7, 11) is 0. The average molecular weight is 430 g/mol. The number of nitro benzene ring substituents is 1. The van der Waals surface area contributed by atoms with Gasteiger partial charge in [0.1, 0.15) is 17.4 Å². The predicted octanol–water partition coefficient (Wildman–Crippen LogP) is 2.28. The number of nitrogens with zero attached hydrogens (tertiary/aromatic N) is 3. The third-order valence-electron chi connectivity index (χ3n) is 5.42. The second-order valence-electron chi connectivity index (χ2n) is 7.47. The number of benzene rings is 1. The quantitative estimate of drug-likeness (QED) is 0.550. The minimum atomic E-state index is -4.85. The molecule has 0 atom stereocenters. The highest BCUT2D eigenvalue weighted by molar-refractivity contribution is 5.76. The third kappa shape index (κ3) is 5.82. The minimum Gasteiger partial charge on any atom is -0.490 e. The number of rotatable bonds is 6. The lowest BCUT2D eigenvalue weighted by atomic mass is 10.1. The van der Waals surface area contributed by atoms with Gasteiger partial charge in [-0.25, -0.2) is 0 Å². The van der Waals surface area contributed by atoms with Crippen molar-refractivity contribution in [3.63, 3.8) is 0 Å². The zero-order valence-electron chi connectivity index (χ0n) is 16.5. The molecule has 0 saturated carbocycles. The number of alkyl halides is 3. The average Bonchev–Trinajstić information content (AvgIpc) is 2.72. The molecule has 2 aliphatic rings. The van der Waals surface area contributed by atoms with Crippen molar-refractivity contribution in [1.82, 2.24) is 15.1 Å². The number of halogens is 3. The summed E-state index contributed by atoms with van der Waals surface area (Å²) in [5, 5.41) is 14.1. The fourth-order valence-electron chi connectivity index (χ4n) is 3.74. The maximum absolute atomic E-state index is 13.1. The molecular formula is C19H25F3N4O4. The molecule has 1 amide bonds. The maximum atomic E-state index is 13.1. The van der Waals surface area contributed by atoms with Gasteiger partial charge in [-0.15, -0.1) is 0 Å². The molecule has 0 bridgehead atoms. The van der Waals surface area contributed by atoms with E-state index in [-0.39, 0.29) is 17.8 Å². The van der Waals surface area contributed by atoms with E-state index < -0.39 is 22.4 Å². The number of nitrogens with one attached hydrogen (secondary N) is 1. The standard InChI is InChI=1S/C19H25F3N4O4/c20-19(21,22)16-13-15(1-2-17(16)26(28)29)30-14-3-9-25(10-4-14)18(27)5-8-24-11-6-23-7-12-24/h1-2,13-14,23H,3-12H2. The van der Waals surface area contributed by atoms with Crippen LogP contribution in [0.4, 0.5) is 18.9 Å². The van der Waals surface area contributed by atoms with E-state index in [1.807, 2.05) is 0 Å².